The molecule has 13 nitrogen and oxygen atoms in total. The normalized spacial score (nSPS) is 15.5. The van der Waals surface area contributed by atoms with Crippen LogP contribution in [0.5, 0.6) is 0 Å². The van der Waals surface area contributed by atoms with E-state index in [2.05, 4.69) is 66.9 Å². The Labute approximate surface area is 292 Å². The van der Waals surface area contributed by atoms with E-state index in [9.17, 15) is 19.5 Å². The van der Waals surface area contributed by atoms with Gasteiger partial charge in [0, 0.05) is 41.1 Å². The van der Waals surface area contributed by atoms with Crippen LogP contribution < -0.4 is 5.32 Å². The molecule has 270 valence electrons. The molecule has 1 aliphatic rings. The van der Waals surface area contributed by atoms with Gasteiger partial charge in [-0.15, -0.1) is 0 Å². The molecule has 0 unspecified atom stereocenters. The zero-order valence-electron chi connectivity index (χ0n) is 30.6. The first-order chi connectivity index (χ1) is 23.2. The van der Waals surface area contributed by atoms with Gasteiger partial charge >= 0.3 is 0 Å². The third kappa shape index (κ3) is 11.1. The molecule has 2 atom stereocenters. The Morgan fingerprint density at radius 3 is 2.04 bits per heavy atom. The minimum atomic E-state index is -2.26. The van der Waals surface area contributed by atoms with Gasteiger partial charge in [-0.25, -0.2) is 0 Å². The molecule has 0 saturated carbocycles. The number of azide groups is 2. The van der Waals surface area contributed by atoms with Crippen LogP contribution >= 0.6 is 0 Å². The monoisotopic (exact) mass is 696 g/mol. The lowest BCUT2D eigenvalue weighted by atomic mass is 10.0. The van der Waals surface area contributed by atoms with Crippen LogP contribution in [0, 0.1) is 0 Å². The summed E-state index contributed by atoms with van der Waals surface area (Å²) in [6, 6.07) is 4.02. The van der Waals surface area contributed by atoms with E-state index < -0.39 is 26.4 Å². The molecule has 1 aromatic rings. The second-order valence-electron chi connectivity index (χ2n) is 14.0. The number of nitrogens with zero attached hydrogens (tertiary/aromatic N) is 7. The van der Waals surface area contributed by atoms with Crippen molar-refractivity contribution in [2.45, 2.75) is 142 Å². The molecular formula is C35H56N8O5Si. The standard InChI is InChI=1S/C35H56N8O5Si/c1-23(2)49(24(3)4,25(5)6)48-26(7)32-33(45)31(35(47)43(32)8)30(44)17-15-13-11-9-10-12-14-16-18-38-34(46)28-19-27(22-39-41-36)20-29(21-28)40-42-37/h19-21,23-26,32,45H,9-18,22H2,1-8H3,(H,38,46)/t26-,32+/m1/s1. The predicted molar refractivity (Wildman–Crippen MR) is 195 cm³/mol. The molecule has 0 saturated heterocycles. The highest BCUT2D eigenvalue weighted by Crippen LogP contribution is 2.44. The molecule has 2 rings (SSSR count). The smallest absolute Gasteiger partial charge is 0.261 e. The van der Waals surface area contributed by atoms with Crippen molar-refractivity contribution in [1.82, 2.24) is 10.2 Å². The zero-order chi connectivity index (χ0) is 36.7. The number of aliphatic hydroxyl groups is 1. The lowest BCUT2D eigenvalue weighted by Crippen LogP contribution is -2.53. The number of rotatable bonds is 22. The molecule has 0 aliphatic carbocycles. The van der Waals surface area contributed by atoms with Crippen LogP contribution in [-0.4, -0.2) is 61.7 Å². The topological polar surface area (TPSA) is 193 Å². The van der Waals surface area contributed by atoms with E-state index in [-0.39, 0.29) is 41.7 Å². The summed E-state index contributed by atoms with van der Waals surface area (Å²) in [6.45, 7) is 15.6. The molecule has 0 fully saturated rings. The number of amides is 2. The van der Waals surface area contributed by atoms with E-state index in [0.717, 1.165) is 44.9 Å². The summed E-state index contributed by atoms with van der Waals surface area (Å²) in [4.78, 5) is 45.8. The third-order valence-corrected chi connectivity index (χ3v) is 15.8. The largest absolute Gasteiger partial charge is 0.509 e. The number of hydrogen-bond donors (Lipinski definition) is 2. The summed E-state index contributed by atoms with van der Waals surface area (Å²) in [6.07, 6.45) is 7.17. The average molecular weight is 697 g/mol. The van der Waals surface area contributed by atoms with Crippen LogP contribution in [0.15, 0.2) is 39.8 Å². The van der Waals surface area contributed by atoms with Crippen molar-refractivity contribution in [3.05, 3.63) is 61.5 Å². The molecule has 0 spiro atoms. The van der Waals surface area contributed by atoms with Gasteiger partial charge in [-0.2, -0.15) is 0 Å². The third-order valence-electron chi connectivity index (χ3n) is 9.64. The van der Waals surface area contributed by atoms with Crippen molar-refractivity contribution in [3.63, 3.8) is 0 Å². The molecular weight excluding hydrogens is 641 g/mol. The van der Waals surface area contributed by atoms with E-state index in [1.165, 1.54) is 11.0 Å². The van der Waals surface area contributed by atoms with Gasteiger partial charge in [-0.05, 0) is 71.2 Å². The Bertz CT molecular complexity index is 1410. The molecule has 2 amide bonds. The number of likely N-dealkylation sites (N-methyl/N-ethyl adjacent to an activating group) is 1. The van der Waals surface area contributed by atoms with Crippen LogP contribution in [0.25, 0.3) is 20.9 Å². The van der Waals surface area contributed by atoms with Crippen molar-refractivity contribution >= 4 is 31.6 Å². The zero-order valence-corrected chi connectivity index (χ0v) is 31.6. The highest BCUT2D eigenvalue weighted by Gasteiger charge is 2.50. The summed E-state index contributed by atoms with van der Waals surface area (Å²) < 4.78 is 6.84. The fraction of sp³-hybridized carbons (Fsp3) is 0.686. The molecule has 49 heavy (non-hydrogen) atoms. The molecule has 1 heterocycles. The Hall–Kier alpha value is -3.83. The number of unbranched alkanes of at least 4 members (excludes halogenated alkanes) is 7. The van der Waals surface area contributed by atoms with E-state index >= 15 is 0 Å². The maximum atomic E-state index is 13.1. The minimum absolute atomic E-state index is 0.0496. The summed E-state index contributed by atoms with van der Waals surface area (Å²) in [5, 5.41) is 21.1. The number of nitrogens with one attached hydrogen (secondary N) is 1. The van der Waals surface area contributed by atoms with E-state index in [0.29, 0.717) is 40.7 Å². The van der Waals surface area contributed by atoms with Gasteiger partial charge < -0.3 is 19.7 Å². The van der Waals surface area contributed by atoms with Crippen LogP contribution in [0.4, 0.5) is 5.69 Å². The SMILES string of the molecule is CC(C)[Si](O[C@H](C)[C@H]1C(O)=C(C(=O)CCCCCCCCCCNC(=O)c2cc(CN=[N+]=[N-])cc(N=[N+]=[N-])c2)C(=O)N1C)(C(C)C)C(C)C. The van der Waals surface area contributed by atoms with Crippen molar-refractivity contribution in [1.29, 1.82) is 0 Å². The number of Topliss-reactive ketones (excluding diaryl/α,β-unsaturated/α-hetero) is 1. The first-order valence-corrected chi connectivity index (χ1v) is 19.8. The summed E-state index contributed by atoms with van der Waals surface area (Å²) in [5.74, 6) is -1.17. The lowest BCUT2D eigenvalue weighted by Gasteiger charge is -2.45. The molecule has 1 aromatic carbocycles. The Kier molecular flexibility index (Phi) is 16.9. The number of carbonyl (C=O) groups is 3. The summed E-state index contributed by atoms with van der Waals surface area (Å²) in [5.41, 5.74) is 19.5. The molecule has 14 heteroatoms. The molecule has 0 bridgehead atoms. The highest BCUT2D eigenvalue weighted by molar-refractivity contribution is 6.77. The van der Waals surface area contributed by atoms with E-state index in [4.69, 9.17) is 15.5 Å². The van der Waals surface area contributed by atoms with Crippen LogP contribution in [0.3, 0.4) is 0 Å². The van der Waals surface area contributed by atoms with Gasteiger partial charge in [-0.1, -0.05) is 90.3 Å². The van der Waals surface area contributed by atoms with Gasteiger partial charge in [0.2, 0.25) is 8.32 Å². The average Bonchev–Trinajstić information content (AvgIpc) is 3.27. The Balaban J connectivity index is 1.74. The Morgan fingerprint density at radius 2 is 1.49 bits per heavy atom. The van der Waals surface area contributed by atoms with Gasteiger partial charge in [0.25, 0.3) is 11.8 Å². The van der Waals surface area contributed by atoms with Crippen LogP contribution in [0.1, 0.15) is 122 Å². The van der Waals surface area contributed by atoms with Crippen molar-refractivity contribution < 1.29 is 23.9 Å². The van der Waals surface area contributed by atoms with Crippen molar-refractivity contribution in [2.75, 3.05) is 13.6 Å². The Morgan fingerprint density at radius 1 is 0.918 bits per heavy atom. The lowest BCUT2D eigenvalue weighted by molar-refractivity contribution is -0.129. The fourth-order valence-corrected chi connectivity index (χ4v) is 12.9. The first-order valence-electron chi connectivity index (χ1n) is 17.6. The van der Waals surface area contributed by atoms with Gasteiger partial charge in [0.1, 0.15) is 17.4 Å². The maximum Gasteiger partial charge on any atom is 0.261 e. The van der Waals surface area contributed by atoms with Crippen LogP contribution in [0.2, 0.25) is 16.6 Å². The maximum absolute atomic E-state index is 13.1. The second kappa shape index (κ2) is 20.0. The molecule has 0 aromatic heterocycles. The first kappa shape index (κ1) is 41.3. The second-order valence-corrected chi connectivity index (χ2v) is 19.4. The number of hydrogen-bond acceptors (Lipinski definition) is 7. The van der Waals surface area contributed by atoms with Gasteiger partial charge in [-0.3, -0.25) is 14.4 Å². The quantitative estimate of drug-likeness (QED) is 0.0304. The predicted octanol–water partition coefficient (Wildman–Crippen LogP) is 9.48. The van der Waals surface area contributed by atoms with Crippen molar-refractivity contribution in [3.8, 4) is 0 Å². The number of carbonyl (C=O) groups excluding carboxylic acids is 3. The number of benzene rings is 1. The molecule has 1 aliphatic heterocycles. The van der Waals surface area contributed by atoms with E-state index in [1.807, 2.05) is 6.92 Å². The minimum Gasteiger partial charge on any atom is -0.509 e. The molecule has 2 N–H and O–H groups in total. The van der Waals surface area contributed by atoms with E-state index in [1.54, 1.807) is 19.2 Å². The number of ketones is 1. The van der Waals surface area contributed by atoms with Gasteiger partial charge in [0.15, 0.2) is 5.78 Å². The highest BCUT2D eigenvalue weighted by atomic mass is 28.4. The summed E-state index contributed by atoms with van der Waals surface area (Å²) >= 11 is 0. The molecule has 0 radical (unpaired) electrons. The van der Waals surface area contributed by atoms with Crippen LogP contribution in [-0.2, 0) is 20.6 Å². The fourth-order valence-electron chi connectivity index (χ4n) is 7.36. The number of aliphatic hydroxyl groups excluding tert-OH is 1. The summed E-state index contributed by atoms with van der Waals surface area (Å²) in [7, 11) is -0.622. The van der Waals surface area contributed by atoms with Gasteiger partial charge in [0.05, 0.1) is 12.6 Å². The van der Waals surface area contributed by atoms with Crippen molar-refractivity contribution in [2.24, 2.45) is 10.2 Å².